The molecule has 0 amide bonds. The fourth-order valence-electron chi connectivity index (χ4n) is 2.87. The van der Waals surface area contributed by atoms with Gasteiger partial charge in [0.1, 0.15) is 24.4 Å². The lowest BCUT2D eigenvalue weighted by atomic mass is 10.1. The van der Waals surface area contributed by atoms with Crippen LogP contribution in [0.3, 0.4) is 0 Å². The summed E-state index contributed by atoms with van der Waals surface area (Å²) in [4.78, 5) is 0. The SMILES string of the molecule is CC1(C)OC2[C@H](O[C@H]([C@@H](O)CO)[C@H]2OCc2ccccc2)O1. The van der Waals surface area contributed by atoms with Gasteiger partial charge in [0.05, 0.1) is 13.2 Å². The highest BCUT2D eigenvalue weighted by atomic mass is 16.8. The summed E-state index contributed by atoms with van der Waals surface area (Å²) in [5.41, 5.74) is 1.02. The average molecular weight is 310 g/mol. The second-order valence-corrected chi connectivity index (χ2v) is 6.08. The van der Waals surface area contributed by atoms with E-state index in [1.54, 1.807) is 13.8 Å². The zero-order chi connectivity index (χ0) is 15.7. The third kappa shape index (κ3) is 3.17. The molecule has 2 aliphatic rings. The average Bonchev–Trinajstić information content (AvgIpc) is 2.97. The Bertz CT molecular complexity index is 491. The first-order chi connectivity index (χ1) is 10.5. The van der Waals surface area contributed by atoms with E-state index < -0.39 is 43.1 Å². The van der Waals surface area contributed by atoms with Gasteiger partial charge in [0.25, 0.3) is 0 Å². The Morgan fingerprint density at radius 1 is 1.23 bits per heavy atom. The van der Waals surface area contributed by atoms with Gasteiger partial charge in [-0.05, 0) is 19.4 Å². The zero-order valence-electron chi connectivity index (χ0n) is 12.7. The maximum absolute atomic E-state index is 9.94. The second kappa shape index (κ2) is 6.23. The molecule has 122 valence electrons. The number of ether oxygens (including phenoxy) is 4. The van der Waals surface area contributed by atoms with E-state index in [0.29, 0.717) is 6.61 Å². The van der Waals surface area contributed by atoms with E-state index in [1.165, 1.54) is 0 Å². The largest absolute Gasteiger partial charge is 0.394 e. The topological polar surface area (TPSA) is 77.4 Å². The van der Waals surface area contributed by atoms with E-state index in [-0.39, 0.29) is 0 Å². The molecule has 3 rings (SSSR count). The first-order valence-corrected chi connectivity index (χ1v) is 7.46. The standard InChI is InChI=1S/C16H22O6/c1-16(2)21-14-13(19-9-10-6-4-3-5-7-10)12(11(18)8-17)20-15(14)22-16/h3-7,11-15,17-18H,8-9H2,1-2H3/t11-,12+,13+,14?,15+/m0/s1. The van der Waals surface area contributed by atoms with Crippen LogP contribution < -0.4 is 0 Å². The quantitative estimate of drug-likeness (QED) is 0.838. The molecule has 2 N–H and O–H groups in total. The van der Waals surface area contributed by atoms with Crippen molar-refractivity contribution in [1.82, 2.24) is 0 Å². The van der Waals surface area contributed by atoms with Gasteiger partial charge in [0, 0.05) is 0 Å². The van der Waals surface area contributed by atoms with Crippen LogP contribution in [0.4, 0.5) is 0 Å². The summed E-state index contributed by atoms with van der Waals surface area (Å²) in [7, 11) is 0. The molecule has 0 radical (unpaired) electrons. The van der Waals surface area contributed by atoms with Crippen molar-refractivity contribution in [2.45, 2.75) is 56.9 Å². The number of benzene rings is 1. The predicted octanol–water partition coefficient (Wildman–Crippen LogP) is 0.801. The molecule has 0 spiro atoms. The lowest BCUT2D eigenvalue weighted by molar-refractivity contribution is -0.232. The fourth-order valence-corrected chi connectivity index (χ4v) is 2.87. The lowest BCUT2D eigenvalue weighted by Crippen LogP contribution is -2.44. The molecule has 0 aliphatic carbocycles. The molecule has 0 aromatic heterocycles. The van der Waals surface area contributed by atoms with Gasteiger partial charge >= 0.3 is 0 Å². The maximum atomic E-state index is 9.94. The van der Waals surface area contributed by atoms with Gasteiger partial charge in [-0.15, -0.1) is 0 Å². The first-order valence-electron chi connectivity index (χ1n) is 7.46. The van der Waals surface area contributed by atoms with Crippen molar-refractivity contribution in [2.24, 2.45) is 0 Å². The van der Waals surface area contributed by atoms with Crippen LogP contribution in [0.15, 0.2) is 30.3 Å². The van der Waals surface area contributed by atoms with E-state index in [4.69, 9.17) is 18.9 Å². The summed E-state index contributed by atoms with van der Waals surface area (Å²) in [6.07, 6.45) is -3.25. The third-order valence-corrected chi connectivity index (χ3v) is 3.88. The molecule has 5 atom stereocenters. The predicted molar refractivity (Wildman–Crippen MR) is 76.8 cm³/mol. The molecule has 6 nitrogen and oxygen atoms in total. The molecule has 1 unspecified atom stereocenters. The Kier molecular flexibility index (Phi) is 4.49. The molecule has 2 fully saturated rings. The molecule has 0 bridgehead atoms. The van der Waals surface area contributed by atoms with Crippen LogP contribution in [0.2, 0.25) is 0 Å². The summed E-state index contributed by atoms with van der Waals surface area (Å²) in [6.45, 7) is 3.58. The van der Waals surface area contributed by atoms with Gasteiger partial charge in [0.2, 0.25) is 0 Å². The Labute approximate surface area is 129 Å². The lowest BCUT2D eigenvalue weighted by Gasteiger charge is -2.28. The Morgan fingerprint density at radius 3 is 2.64 bits per heavy atom. The van der Waals surface area contributed by atoms with Gasteiger partial charge in [-0.1, -0.05) is 30.3 Å². The number of aliphatic hydroxyl groups is 2. The molecule has 6 heteroatoms. The minimum absolute atomic E-state index is 0.372. The van der Waals surface area contributed by atoms with Crippen molar-refractivity contribution in [3.8, 4) is 0 Å². The van der Waals surface area contributed by atoms with Crippen LogP contribution >= 0.6 is 0 Å². The van der Waals surface area contributed by atoms with Crippen LogP contribution in [0.5, 0.6) is 0 Å². The molecule has 1 aromatic carbocycles. The Morgan fingerprint density at radius 2 is 1.95 bits per heavy atom. The minimum Gasteiger partial charge on any atom is -0.394 e. The smallest absolute Gasteiger partial charge is 0.190 e. The van der Waals surface area contributed by atoms with Crippen LogP contribution in [-0.4, -0.2) is 53.3 Å². The highest BCUT2D eigenvalue weighted by Gasteiger charge is 2.56. The van der Waals surface area contributed by atoms with Crippen LogP contribution in [-0.2, 0) is 25.6 Å². The molecule has 2 heterocycles. The molecular formula is C16H22O6. The van der Waals surface area contributed by atoms with Crippen molar-refractivity contribution in [3.05, 3.63) is 35.9 Å². The van der Waals surface area contributed by atoms with E-state index in [2.05, 4.69) is 0 Å². The molecule has 2 saturated heterocycles. The van der Waals surface area contributed by atoms with Crippen molar-refractivity contribution in [2.75, 3.05) is 6.61 Å². The molecule has 22 heavy (non-hydrogen) atoms. The monoisotopic (exact) mass is 310 g/mol. The second-order valence-electron chi connectivity index (χ2n) is 6.08. The zero-order valence-corrected chi connectivity index (χ0v) is 12.7. The summed E-state index contributed by atoms with van der Waals surface area (Å²) < 4.78 is 23.1. The highest BCUT2D eigenvalue weighted by Crippen LogP contribution is 2.39. The van der Waals surface area contributed by atoms with Crippen LogP contribution in [0, 0.1) is 0 Å². The number of aliphatic hydroxyl groups excluding tert-OH is 2. The summed E-state index contributed by atoms with van der Waals surface area (Å²) in [6, 6.07) is 9.73. The van der Waals surface area contributed by atoms with E-state index in [1.807, 2.05) is 30.3 Å². The summed E-state index contributed by atoms with van der Waals surface area (Å²) >= 11 is 0. The van der Waals surface area contributed by atoms with Crippen molar-refractivity contribution in [1.29, 1.82) is 0 Å². The van der Waals surface area contributed by atoms with Crippen LogP contribution in [0.25, 0.3) is 0 Å². The number of fused-ring (bicyclic) bond motifs is 1. The van der Waals surface area contributed by atoms with Gasteiger partial charge in [-0.2, -0.15) is 0 Å². The minimum atomic E-state index is -1.04. The molecule has 1 aromatic rings. The third-order valence-electron chi connectivity index (χ3n) is 3.88. The van der Waals surface area contributed by atoms with Crippen molar-refractivity contribution < 1.29 is 29.2 Å². The number of rotatable bonds is 5. The Balaban J connectivity index is 1.71. The maximum Gasteiger partial charge on any atom is 0.190 e. The van der Waals surface area contributed by atoms with Crippen molar-refractivity contribution in [3.63, 3.8) is 0 Å². The van der Waals surface area contributed by atoms with E-state index in [9.17, 15) is 10.2 Å². The Hall–Kier alpha value is -1.02. The highest BCUT2D eigenvalue weighted by molar-refractivity contribution is 5.13. The van der Waals surface area contributed by atoms with Gasteiger partial charge < -0.3 is 29.2 Å². The van der Waals surface area contributed by atoms with Crippen molar-refractivity contribution >= 4 is 0 Å². The van der Waals surface area contributed by atoms with Gasteiger partial charge in [-0.3, -0.25) is 0 Å². The summed E-state index contributed by atoms with van der Waals surface area (Å²) in [5.74, 6) is -0.751. The van der Waals surface area contributed by atoms with E-state index >= 15 is 0 Å². The fraction of sp³-hybridized carbons (Fsp3) is 0.625. The van der Waals surface area contributed by atoms with Gasteiger partial charge in [-0.25, -0.2) is 0 Å². The number of hydrogen-bond donors (Lipinski definition) is 2. The van der Waals surface area contributed by atoms with E-state index in [0.717, 1.165) is 5.56 Å². The summed E-state index contributed by atoms with van der Waals surface area (Å²) in [5, 5.41) is 19.1. The molecule has 2 aliphatic heterocycles. The molecule has 0 saturated carbocycles. The number of hydrogen-bond acceptors (Lipinski definition) is 6. The van der Waals surface area contributed by atoms with Crippen LogP contribution in [0.1, 0.15) is 19.4 Å². The normalized spacial score (nSPS) is 34.5. The van der Waals surface area contributed by atoms with Gasteiger partial charge in [0.15, 0.2) is 12.1 Å². The molecular weight excluding hydrogens is 288 g/mol. The first kappa shape index (κ1) is 15.9.